The number of hydrogen-bond donors (Lipinski definition) is 0. The van der Waals surface area contributed by atoms with Gasteiger partial charge >= 0.3 is 0 Å². The maximum Gasteiger partial charge on any atom is 0.257 e. The molecule has 2 saturated heterocycles. The van der Waals surface area contributed by atoms with Crippen molar-refractivity contribution in [1.29, 1.82) is 0 Å². The van der Waals surface area contributed by atoms with Crippen molar-refractivity contribution in [3.05, 3.63) is 23.4 Å². The fourth-order valence-corrected chi connectivity index (χ4v) is 2.97. The molecule has 4 nitrogen and oxygen atoms in total. The number of aromatic nitrogens is 1. The molecule has 2 aliphatic heterocycles. The van der Waals surface area contributed by atoms with Gasteiger partial charge in [0.25, 0.3) is 5.91 Å². The molecule has 0 aliphatic carbocycles. The Morgan fingerprint density at radius 1 is 1.05 bits per heavy atom. The highest BCUT2D eigenvalue weighted by molar-refractivity contribution is 5.99. The number of carbonyl (C=O) groups is 1. The van der Waals surface area contributed by atoms with Crippen LogP contribution in [0.5, 0.6) is 0 Å². The Kier molecular flexibility index (Phi) is 3.40. The molecule has 3 heterocycles. The predicted octanol–water partition coefficient (Wildman–Crippen LogP) is 2.23. The van der Waals surface area contributed by atoms with Gasteiger partial charge in [-0.3, -0.25) is 4.79 Å². The van der Waals surface area contributed by atoms with Crippen LogP contribution in [0.15, 0.2) is 12.1 Å². The average molecular weight is 259 g/mol. The van der Waals surface area contributed by atoms with Crippen LogP contribution in [0.1, 0.15) is 41.7 Å². The van der Waals surface area contributed by atoms with Gasteiger partial charge in [0.05, 0.1) is 5.56 Å². The Morgan fingerprint density at radius 3 is 2.37 bits per heavy atom. The lowest BCUT2D eigenvalue weighted by molar-refractivity contribution is 0.0793. The van der Waals surface area contributed by atoms with Crippen molar-refractivity contribution in [2.75, 3.05) is 31.1 Å². The standard InChI is InChI=1S/C15H21N3O/c1-12-6-7-13(15(19)18-10-4-5-11-18)14(16-12)17-8-2-3-9-17/h6-7H,2-5,8-11H2,1H3. The number of anilines is 1. The van der Waals surface area contributed by atoms with Gasteiger partial charge in [0.2, 0.25) is 0 Å². The average Bonchev–Trinajstić information content (AvgIpc) is 3.11. The Bertz CT molecular complexity index is 474. The van der Waals surface area contributed by atoms with E-state index in [0.29, 0.717) is 0 Å². The molecule has 1 aromatic heterocycles. The summed E-state index contributed by atoms with van der Waals surface area (Å²) in [5.74, 6) is 1.06. The Labute approximate surface area is 114 Å². The van der Waals surface area contributed by atoms with Gasteiger partial charge in [0, 0.05) is 31.9 Å². The van der Waals surface area contributed by atoms with Crippen molar-refractivity contribution in [3.8, 4) is 0 Å². The van der Waals surface area contributed by atoms with Crippen LogP contribution in [0.25, 0.3) is 0 Å². The molecule has 1 aromatic rings. The van der Waals surface area contributed by atoms with E-state index in [2.05, 4.69) is 9.88 Å². The molecule has 0 spiro atoms. The number of carbonyl (C=O) groups excluding carboxylic acids is 1. The molecule has 0 bridgehead atoms. The Morgan fingerprint density at radius 2 is 1.68 bits per heavy atom. The maximum atomic E-state index is 12.6. The molecule has 0 radical (unpaired) electrons. The zero-order valence-corrected chi connectivity index (χ0v) is 11.6. The Balaban J connectivity index is 1.92. The summed E-state index contributed by atoms with van der Waals surface area (Å²) in [5.41, 5.74) is 1.77. The number of nitrogens with zero attached hydrogens (tertiary/aromatic N) is 3. The molecule has 0 atom stereocenters. The zero-order valence-electron chi connectivity index (χ0n) is 11.6. The summed E-state index contributed by atoms with van der Waals surface area (Å²) < 4.78 is 0. The predicted molar refractivity (Wildman–Crippen MR) is 75.6 cm³/mol. The summed E-state index contributed by atoms with van der Waals surface area (Å²) in [5, 5.41) is 0. The van der Waals surface area contributed by atoms with E-state index in [1.807, 2.05) is 24.0 Å². The third kappa shape index (κ3) is 2.44. The molecular weight excluding hydrogens is 238 g/mol. The van der Waals surface area contributed by atoms with Crippen molar-refractivity contribution in [2.45, 2.75) is 32.6 Å². The number of pyridine rings is 1. The third-order valence-corrected chi connectivity index (χ3v) is 4.04. The molecule has 4 heteroatoms. The first-order valence-corrected chi connectivity index (χ1v) is 7.27. The second-order valence-electron chi connectivity index (χ2n) is 5.52. The lowest BCUT2D eigenvalue weighted by Gasteiger charge is -2.23. The van der Waals surface area contributed by atoms with Crippen LogP contribution in [0, 0.1) is 6.92 Å². The summed E-state index contributed by atoms with van der Waals surface area (Å²) in [6, 6.07) is 3.90. The first-order valence-electron chi connectivity index (χ1n) is 7.27. The molecule has 0 N–H and O–H groups in total. The van der Waals surface area contributed by atoms with Crippen molar-refractivity contribution in [1.82, 2.24) is 9.88 Å². The lowest BCUT2D eigenvalue weighted by atomic mass is 10.2. The number of hydrogen-bond acceptors (Lipinski definition) is 3. The van der Waals surface area contributed by atoms with Crippen molar-refractivity contribution < 1.29 is 4.79 Å². The first kappa shape index (κ1) is 12.5. The van der Waals surface area contributed by atoms with E-state index in [9.17, 15) is 4.79 Å². The molecule has 1 amide bonds. The van der Waals surface area contributed by atoms with E-state index < -0.39 is 0 Å². The van der Waals surface area contributed by atoms with Gasteiger partial charge in [-0.2, -0.15) is 0 Å². The SMILES string of the molecule is Cc1ccc(C(=O)N2CCCC2)c(N2CCCC2)n1. The molecule has 3 rings (SSSR count). The van der Waals surface area contributed by atoms with Crippen molar-refractivity contribution in [2.24, 2.45) is 0 Å². The van der Waals surface area contributed by atoms with Crippen LogP contribution in [-0.2, 0) is 0 Å². The third-order valence-electron chi connectivity index (χ3n) is 4.04. The highest BCUT2D eigenvalue weighted by atomic mass is 16.2. The minimum Gasteiger partial charge on any atom is -0.356 e. The highest BCUT2D eigenvalue weighted by Crippen LogP contribution is 2.25. The molecule has 19 heavy (non-hydrogen) atoms. The van der Waals surface area contributed by atoms with Crippen LogP contribution in [0.2, 0.25) is 0 Å². The summed E-state index contributed by atoms with van der Waals surface area (Å²) in [6.07, 6.45) is 4.66. The molecule has 102 valence electrons. The molecule has 2 aliphatic rings. The molecular formula is C15H21N3O. The van der Waals surface area contributed by atoms with Gasteiger partial charge in [0.1, 0.15) is 5.82 Å². The summed E-state index contributed by atoms with van der Waals surface area (Å²) >= 11 is 0. The fourth-order valence-electron chi connectivity index (χ4n) is 2.97. The van der Waals surface area contributed by atoms with Gasteiger partial charge in [-0.25, -0.2) is 4.98 Å². The lowest BCUT2D eigenvalue weighted by Crippen LogP contribution is -2.31. The number of likely N-dealkylation sites (tertiary alicyclic amines) is 1. The monoisotopic (exact) mass is 259 g/mol. The highest BCUT2D eigenvalue weighted by Gasteiger charge is 2.25. The van der Waals surface area contributed by atoms with Crippen molar-refractivity contribution >= 4 is 11.7 Å². The minimum absolute atomic E-state index is 0.159. The van der Waals surface area contributed by atoms with Gasteiger partial charge in [0.15, 0.2) is 0 Å². The van der Waals surface area contributed by atoms with E-state index in [-0.39, 0.29) is 5.91 Å². The smallest absolute Gasteiger partial charge is 0.257 e. The van der Waals surface area contributed by atoms with E-state index >= 15 is 0 Å². The van der Waals surface area contributed by atoms with E-state index in [4.69, 9.17) is 0 Å². The molecule has 0 aromatic carbocycles. The van der Waals surface area contributed by atoms with Crippen molar-refractivity contribution in [3.63, 3.8) is 0 Å². The van der Waals surface area contributed by atoms with Crippen LogP contribution in [0.4, 0.5) is 5.82 Å². The van der Waals surface area contributed by atoms with Gasteiger partial charge in [-0.05, 0) is 44.7 Å². The zero-order chi connectivity index (χ0) is 13.2. The van der Waals surface area contributed by atoms with Gasteiger partial charge in [-0.15, -0.1) is 0 Å². The molecule has 0 unspecified atom stereocenters. The van der Waals surface area contributed by atoms with Crippen LogP contribution >= 0.6 is 0 Å². The van der Waals surface area contributed by atoms with Gasteiger partial charge in [-0.1, -0.05) is 0 Å². The quantitative estimate of drug-likeness (QED) is 0.817. The molecule has 0 saturated carbocycles. The second-order valence-corrected chi connectivity index (χ2v) is 5.52. The normalized spacial score (nSPS) is 19.2. The minimum atomic E-state index is 0.159. The van der Waals surface area contributed by atoms with E-state index in [0.717, 1.165) is 56.1 Å². The summed E-state index contributed by atoms with van der Waals surface area (Å²) in [7, 11) is 0. The van der Waals surface area contributed by atoms with Crippen LogP contribution in [0.3, 0.4) is 0 Å². The van der Waals surface area contributed by atoms with E-state index in [1.165, 1.54) is 12.8 Å². The summed E-state index contributed by atoms with van der Waals surface area (Å²) in [6.45, 7) is 5.83. The first-order chi connectivity index (χ1) is 9.25. The maximum absolute atomic E-state index is 12.6. The van der Waals surface area contributed by atoms with Gasteiger partial charge < -0.3 is 9.80 Å². The largest absolute Gasteiger partial charge is 0.356 e. The Hall–Kier alpha value is -1.58. The van der Waals surface area contributed by atoms with Crippen LogP contribution < -0.4 is 4.90 Å². The molecule has 2 fully saturated rings. The number of aryl methyl sites for hydroxylation is 1. The number of rotatable bonds is 2. The number of amides is 1. The fraction of sp³-hybridized carbons (Fsp3) is 0.600. The van der Waals surface area contributed by atoms with E-state index in [1.54, 1.807) is 0 Å². The second kappa shape index (κ2) is 5.19. The topological polar surface area (TPSA) is 36.4 Å². The van der Waals surface area contributed by atoms with Crippen LogP contribution in [-0.4, -0.2) is 42.0 Å². The summed E-state index contributed by atoms with van der Waals surface area (Å²) in [4.78, 5) is 21.4.